The van der Waals surface area contributed by atoms with E-state index >= 15 is 0 Å². The van der Waals surface area contributed by atoms with E-state index in [-0.39, 0.29) is 11.3 Å². The maximum Gasteiger partial charge on any atom is 0.295 e. The van der Waals surface area contributed by atoms with Gasteiger partial charge in [-0.05, 0) is 54.8 Å². The number of nitrogens with zero attached hydrogens (tertiary/aromatic N) is 2. The molecule has 2 saturated heterocycles. The first-order chi connectivity index (χ1) is 17.9. The molecule has 2 aliphatic heterocycles. The molecule has 0 aliphatic carbocycles. The summed E-state index contributed by atoms with van der Waals surface area (Å²) in [5.41, 5.74) is 1.29. The van der Waals surface area contributed by atoms with E-state index in [1.165, 1.54) is 0 Å². The zero-order chi connectivity index (χ0) is 26.4. The van der Waals surface area contributed by atoms with E-state index in [0.29, 0.717) is 62.5 Å². The fraction of sp³-hybridized carbons (Fsp3) is 0.448. The predicted molar refractivity (Wildman–Crippen MR) is 141 cm³/mol. The maximum absolute atomic E-state index is 13.3. The molecular formula is C29H36N2O6. The number of ketones is 1. The first-order valence-electron chi connectivity index (χ1n) is 12.9. The molecule has 198 valence electrons. The molecule has 0 unspecified atom stereocenters. The number of carbonyl (C=O) groups is 2. The molecule has 4 rings (SSSR count). The van der Waals surface area contributed by atoms with Gasteiger partial charge in [0.1, 0.15) is 17.3 Å². The molecular weight excluding hydrogens is 472 g/mol. The monoisotopic (exact) mass is 508 g/mol. The van der Waals surface area contributed by atoms with E-state index in [9.17, 15) is 14.7 Å². The van der Waals surface area contributed by atoms with Gasteiger partial charge in [-0.3, -0.25) is 14.5 Å². The molecule has 2 aromatic carbocycles. The van der Waals surface area contributed by atoms with Crippen molar-refractivity contribution < 1.29 is 28.9 Å². The molecule has 2 aliphatic rings. The number of rotatable bonds is 10. The van der Waals surface area contributed by atoms with Gasteiger partial charge in [0.2, 0.25) is 0 Å². The summed E-state index contributed by atoms with van der Waals surface area (Å²) in [6.45, 7) is 11.0. The van der Waals surface area contributed by atoms with Gasteiger partial charge in [0.25, 0.3) is 11.7 Å². The molecule has 37 heavy (non-hydrogen) atoms. The molecule has 1 atom stereocenters. The van der Waals surface area contributed by atoms with Crippen LogP contribution in [0.4, 0.5) is 0 Å². The van der Waals surface area contributed by atoms with Crippen molar-refractivity contribution >= 4 is 17.4 Å². The zero-order valence-corrected chi connectivity index (χ0v) is 21.8. The third kappa shape index (κ3) is 6.32. The number of likely N-dealkylation sites (tertiary alicyclic amines) is 1. The highest BCUT2D eigenvalue weighted by molar-refractivity contribution is 6.46. The third-order valence-corrected chi connectivity index (χ3v) is 6.52. The average molecular weight is 509 g/mol. The molecule has 8 heteroatoms. The molecule has 0 bridgehead atoms. The summed E-state index contributed by atoms with van der Waals surface area (Å²) in [5, 5.41) is 11.3. The van der Waals surface area contributed by atoms with Crippen LogP contribution in [0.25, 0.3) is 5.76 Å². The molecule has 2 heterocycles. The summed E-state index contributed by atoms with van der Waals surface area (Å²) >= 11 is 0. The molecule has 0 radical (unpaired) electrons. The van der Waals surface area contributed by atoms with Gasteiger partial charge < -0.3 is 24.2 Å². The summed E-state index contributed by atoms with van der Waals surface area (Å²) in [6, 6.07) is 13.6. The minimum atomic E-state index is -0.700. The SMILES string of the molecule is CCOc1ccc([C@H]2C(=C(O)c3ccc(OCC(C)C)cc3)C(=O)C(=O)N2CCN2CCOCC2)cc1. The number of Topliss-reactive ketones (excluding diaryl/α,β-unsaturated/α-hetero) is 1. The average Bonchev–Trinajstić information content (AvgIpc) is 3.17. The zero-order valence-electron chi connectivity index (χ0n) is 21.8. The van der Waals surface area contributed by atoms with Gasteiger partial charge in [0.15, 0.2) is 0 Å². The minimum Gasteiger partial charge on any atom is -0.507 e. The molecule has 0 aromatic heterocycles. The summed E-state index contributed by atoms with van der Waals surface area (Å²) in [5.74, 6) is 0.286. The quantitative estimate of drug-likeness (QED) is 0.296. The van der Waals surface area contributed by atoms with E-state index in [0.717, 1.165) is 18.7 Å². The lowest BCUT2D eigenvalue weighted by Crippen LogP contribution is -2.42. The van der Waals surface area contributed by atoms with Crippen LogP contribution < -0.4 is 9.47 Å². The minimum absolute atomic E-state index is 0.0898. The molecule has 0 spiro atoms. The summed E-state index contributed by atoms with van der Waals surface area (Å²) < 4.78 is 16.7. The molecule has 0 saturated carbocycles. The number of morpholine rings is 1. The van der Waals surface area contributed by atoms with Crippen molar-refractivity contribution in [2.24, 2.45) is 5.92 Å². The van der Waals surface area contributed by atoms with E-state index in [2.05, 4.69) is 18.7 Å². The number of ether oxygens (including phenoxy) is 3. The Kier molecular flexibility index (Phi) is 8.84. The first kappa shape index (κ1) is 26.7. The Bertz CT molecular complexity index is 1100. The van der Waals surface area contributed by atoms with Crippen LogP contribution in [0, 0.1) is 5.92 Å². The summed E-state index contributed by atoms with van der Waals surface area (Å²) in [6.07, 6.45) is 0. The fourth-order valence-electron chi connectivity index (χ4n) is 4.57. The van der Waals surface area contributed by atoms with Gasteiger partial charge in [0.05, 0.1) is 38.0 Å². The Morgan fingerprint density at radius 2 is 1.59 bits per heavy atom. The Balaban J connectivity index is 1.66. The third-order valence-electron chi connectivity index (χ3n) is 6.52. The Morgan fingerprint density at radius 3 is 2.22 bits per heavy atom. The topological polar surface area (TPSA) is 88.5 Å². The smallest absolute Gasteiger partial charge is 0.295 e. The van der Waals surface area contributed by atoms with Crippen LogP contribution in [0.15, 0.2) is 54.1 Å². The van der Waals surface area contributed by atoms with E-state index < -0.39 is 17.7 Å². The van der Waals surface area contributed by atoms with Crippen LogP contribution in [-0.2, 0) is 14.3 Å². The summed E-state index contributed by atoms with van der Waals surface area (Å²) in [7, 11) is 0. The lowest BCUT2D eigenvalue weighted by Gasteiger charge is -2.31. The number of aliphatic hydroxyl groups is 1. The van der Waals surface area contributed by atoms with Gasteiger partial charge in [-0.25, -0.2) is 0 Å². The van der Waals surface area contributed by atoms with Crippen LogP contribution in [0.1, 0.15) is 37.9 Å². The van der Waals surface area contributed by atoms with Gasteiger partial charge in [-0.15, -0.1) is 0 Å². The van der Waals surface area contributed by atoms with Crippen LogP contribution in [0.3, 0.4) is 0 Å². The standard InChI is InChI=1S/C29H36N2O6/c1-4-36-23-9-5-21(6-10-23)26-25(27(32)22-7-11-24(12-8-22)37-19-20(2)3)28(33)29(34)31(26)14-13-30-15-17-35-18-16-30/h5-12,20,26,32H,4,13-19H2,1-3H3/t26-/m0/s1. The molecule has 8 nitrogen and oxygen atoms in total. The van der Waals surface area contributed by atoms with Gasteiger partial charge >= 0.3 is 0 Å². The normalized spacial score (nSPS) is 20.0. The lowest BCUT2D eigenvalue weighted by atomic mass is 9.95. The van der Waals surface area contributed by atoms with Gasteiger partial charge in [-0.2, -0.15) is 0 Å². The second-order valence-corrected chi connectivity index (χ2v) is 9.68. The van der Waals surface area contributed by atoms with Crippen molar-refractivity contribution in [3.05, 3.63) is 65.2 Å². The maximum atomic E-state index is 13.3. The van der Waals surface area contributed by atoms with Crippen LogP contribution >= 0.6 is 0 Å². The number of benzene rings is 2. The highest BCUT2D eigenvalue weighted by Gasteiger charge is 2.46. The van der Waals surface area contributed by atoms with E-state index in [1.807, 2.05) is 31.2 Å². The van der Waals surface area contributed by atoms with Gasteiger partial charge in [-0.1, -0.05) is 26.0 Å². The number of hydrogen-bond acceptors (Lipinski definition) is 7. The highest BCUT2D eigenvalue weighted by atomic mass is 16.5. The highest BCUT2D eigenvalue weighted by Crippen LogP contribution is 2.40. The fourth-order valence-corrected chi connectivity index (χ4v) is 4.57. The van der Waals surface area contributed by atoms with Crippen molar-refractivity contribution in [3.63, 3.8) is 0 Å². The number of carbonyl (C=O) groups excluding carboxylic acids is 2. The van der Waals surface area contributed by atoms with E-state index in [1.54, 1.807) is 29.2 Å². The lowest BCUT2D eigenvalue weighted by molar-refractivity contribution is -0.140. The first-order valence-corrected chi connectivity index (χ1v) is 12.9. The number of aliphatic hydroxyl groups excluding tert-OH is 1. The van der Waals surface area contributed by atoms with Crippen molar-refractivity contribution in [2.45, 2.75) is 26.8 Å². The molecule has 2 aromatic rings. The predicted octanol–water partition coefficient (Wildman–Crippen LogP) is 3.87. The molecule has 2 fully saturated rings. The molecule has 1 N–H and O–H groups in total. The van der Waals surface area contributed by atoms with Crippen molar-refractivity contribution in [1.29, 1.82) is 0 Å². The number of hydrogen-bond donors (Lipinski definition) is 1. The van der Waals surface area contributed by atoms with Gasteiger partial charge in [0, 0.05) is 31.7 Å². The Hall–Kier alpha value is -3.36. The van der Waals surface area contributed by atoms with Crippen molar-refractivity contribution in [3.8, 4) is 11.5 Å². The van der Waals surface area contributed by atoms with Crippen LogP contribution in [0.2, 0.25) is 0 Å². The largest absolute Gasteiger partial charge is 0.507 e. The molecule has 1 amide bonds. The van der Waals surface area contributed by atoms with E-state index in [4.69, 9.17) is 14.2 Å². The Labute approximate surface area is 218 Å². The van der Waals surface area contributed by atoms with Crippen LogP contribution in [-0.4, -0.2) is 79.2 Å². The van der Waals surface area contributed by atoms with Crippen molar-refractivity contribution in [1.82, 2.24) is 9.80 Å². The second kappa shape index (κ2) is 12.3. The van der Waals surface area contributed by atoms with Crippen molar-refractivity contribution in [2.75, 3.05) is 52.6 Å². The summed E-state index contributed by atoms with van der Waals surface area (Å²) in [4.78, 5) is 30.3. The Morgan fingerprint density at radius 1 is 0.973 bits per heavy atom. The number of amides is 1. The van der Waals surface area contributed by atoms with Crippen LogP contribution in [0.5, 0.6) is 11.5 Å². The second-order valence-electron chi connectivity index (χ2n) is 9.68.